The number of furan rings is 1. The summed E-state index contributed by atoms with van der Waals surface area (Å²) in [4.78, 5) is 14.6. The van der Waals surface area contributed by atoms with Gasteiger partial charge in [-0.25, -0.2) is 0 Å². The van der Waals surface area contributed by atoms with Crippen LogP contribution in [0.1, 0.15) is 25.5 Å². The standard InChI is InChI=1S/C16H22N4O2/c1-13(16(21)17-11-15-6-3-10-22-15)20-9-2-5-14(20)12-19-8-4-7-18-19/h3-4,6-8,10,13-14H,2,5,9,11-12H2,1H3,(H,17,21)/t13-,14-/m1/s1. The largest absolute Gasteiger partial charge is 0.467 e. The van der Waals surface area contributed by atoms with Crippen molar-refractivity contribution in [2.45, 2.75) is 44.9 Å². The average Bonchev–Trinajstić information content (AvgIpc) is 3.27. The molecule has 1 aliphatic heterocycles. The van der Waals surface area contributed by atoms with Gasteiger partial charge in [-0.05, 0) is 44.5 Å². The monoisotopic (exact) mass is 302 g/mol. The second kappa shape index (κ2) is 6.79. The summed E-state index contributed by atoms with van der Waals surface area (Å²) in [5.41, 5.74) is 0. The normalized spacial score (nSPS) is 20.1. The molecule has 0 aliphatic carbocycles. The van der Waals surface area contributed by atoms with Gasteiger partial charge in [0.15, 0.2) is 0 Å². The van der Waals surface area contributed by atoms with Crippen LogP contribution in [0, 0.1) is 0 Å². The van der Waals surface area contributed by atoms with Gasteiger partial charge in [-0.15, -0.1) is 0 Å². The van der Waals surface area contributed by atoms with E-state index < -0.39 is 0 Å². The molecule has 0 bridgehead atoms. The van der Waals surface area contributed by atoms with E-state index in [2.05, 4.69) is 15.3 Å². The van der Waals surface area contributed by atoms with Crippen LogP contribution < -0.4 is 5.32 Å². The van der Waals surface area contributed by atoms with Crippen molar-refractivity contribution in [3.05, 3.63) is 42.6 Å². The number of hydrogen-bond donors (Lipinski definition) is 1. The molecule has 1 aliphatic rings. The number of nitrogens with zero attached hydrogens (tertiary/aromatic N) is 3. The van der Waals surface area contributed by atoms with Crippen molar-refractivity contribution >= 4 is 5.91 Å². The van der Waals surface area contributed by atoms with Crippen LogP contribution >= 0.6 is 0 Å². The van der Waals surface area contributed by atoms with Crippen molar-refractivity contribution in [3.63, 3.8) is 0 Å². The topological polar surface area (TPSA) is 63.3 Å². The maximum absolute atomic E-state index is 12.4. The summed E-state index contributed by atoms with van der Waals surface area (Å²) in [6.45, 7) is 4.21. The van der Waals surface area contributed by atoms with Crippen molar-refractivity contribution in [3.8, 4) is 0 Å². The molecule has 6 nitrogen and oxygen atoms in total. The van der Waals surface area contributed by atoms with Crippen LogP contribution in [0.25, 0.3) is 0 Å². The molecule has 3 heterocycles. The predicted octanol–water partition coefficient (Wildman–Crippen LogP) is 1.65. The summed E-state index contributed by atoms with van der Waals surface area (Å²) < 4.78 is 7.18. The van der Waals surface area contributed by atoms with Crippen molar-refractivity contribution in [1.82, 2.24) is 20.0 Å². The highest BCUT2D eigenvalue weighted by Crippen LogP contribution is 2.21. The van der Waals surface area contributed by atoms with Gasteiger partial charge in [0.05, 0.1) is 25.4 Å². The second-order valence-corrected chi connectivity index (χ2v) is 5.74. The smallest absolute Gasteiger partial charge is 0.237 e. The first-order valence-corrected chi connectivity index (χ1v) is 7.77. The molecule has 2 aromatic rings. The van der Waals surface area contributed by atoms with Gasteiger partial charge < -0.3 is 9.73 Å². The number of rotatable bonds is 6. The minimum atomic E-state index is -0.141. The molecule has 3 rings (SSSR count). The number of carbonyl (C=O) groups is 1. The lowest BCUT2D eigenvalue weighted by molar-refractivity contribution is -0.126. The quantitative estimate of drug-likeness (QED) is 0.881. The van der Waals surface area contributed by atoms with Gasteiger partial charge in [0, 0.05) is 18.4 Å². The molecule has 0 unspecified atom stereocenters. The predicted molar refractivity (Wildman–Crippen MR) is 82.0 cm³/mol. The molecule has 22 heavy (non-hydrogen) atoms. The third-order valence-corrected chi connectivity index (χ3v) is 4.27. The summed E-state index contributed by atoms with van der Waals surface area (Å²) in [6, 6.07) is 5.84. The van der Waals surface area contributed by atoms with Crippen molar-refractivity contribution in [1.29, 1.82) is 0 Å². The number of hydrogen-bond acceptors (Lipinski definition) is 4. The van der Waals surface area contributed by atoms with Crippen molar-refractivity contribution in [2.24, 2.45) is 0 Å². The summed E-state index contributed by atoms with van der Waals surface area (Å²) >= 11 is 0. The molecule has 2 aromatic heterocycles. The van der Waals surface area contributed by atoms with Crippen LogP contribution in [0.15, 0.2) is 41.3 Å². The van der Waals surface area contributed by atoms with Crippen LogP contribution in [0.2, 0.25) is 0 Å². The SMILES string of the molecule is C[C@H](C(=O)NCc1ccco1)N1CCC[C@@H]1Cn1cccn1. The van der Waals surface area contributed by atoms with E-state index in [-0.39, 0.29) is 11.9 Å². The number of nitrogens with one attached hydrogen (secondary N) is 1. The van der Waals surface area contributed by atoms with E-state index in [0.717, 1.165) is 31.7 Å². The lowest BCUT2D eigenvalue weighted by Gasteiger charge is -2.29. The molecule has 0 spiro atoms. The number of aromatic nitrogens is 2. The molecular weight excluding hydrogens is 280 g/mol. The first kappa shape index (κ1) is 14.8. The molecule has 0 radical (unpaired) electrons. The summed E-state index contributed by atoms with van der Waals surface area (Å²) in [5, 5.41) is 7.21. The Bertz CT molecular complexity index is 579. The number of likely N-dealkylation sites (tertiary alicyclic amines) is 1. The molecular formula is C16H22N4O2. The molecule has 6 heteroatoms. The zero-order valence-corrected chi connectivity index (χ0v) is 12.8. The molecule has 1 N–H and O–H groups in total. The number of carbonyl (C=O) groups excluding carboxylic acids is 1. The molecule has 0 aromatic carbocycles. The fourth-order valence-corrected chi connectivity index (χ4v) is 3.07. The Kier molecular flexibility index (Phi) is 4.58. The lowest BCUT2D eigenvalue weighted by Crippen LogP contribution is -2.48. The number of amides is 1. The van der Waals surface area contributed by atoms with Gasteiger partial charge in [-0.2, -0.15) is 5.10 Å². The molecule has 2 atom stereocenters. The molecule has 1 saturated heterocycles. The van der Waals surface area contributed by atoms with Crippen LogP contribution in [0.5, 0.6) is 0 Å². The minimum Gasteiger partial charge on any atom is -0.467 e. The van der Waals surface area contributed by atoms with Gasteiger partial charge in [0.1, 0.15) is 5.76 Å². The van der Waals surface area contributed by atoms with E-state index in [4.69, 9.17) is 4.42 Å². The Morgan fingerprint density at radius 1 is 1.55 bits per heavy atom. The summed E-state index contributed by atoms with van der Waals surface area (Å²) in [5.74, 6) is 0.818. The maximum Gasteiger partial charge on any atom is 0.237 e. The van der Waals surface area contributed by atoms with Crippen LogP contribution in [0.4, 0.5) is 0 Å². The fraction of sp³-hybridized carbons (Fsp3) is 0.500. The van der Waals surface area contributed by atoms with Gasteiger partial charge in [-0.1, -0.05) is 0 Å². The van der Waals surface area contributed by atoms with E-state index in [1.807, 2.05) is 36.0 Å². The Labute approximate surface area is 130 Å². The first-order chi connectivity index (χ1) is 10.7. The molecule has 1 amide bonds. The molecule has 0 saturated carbocycles. The maximum atomic E-state index is 12.4. The molecule has 1 fully saturated rings. The van der Waals surface area contributed by atoms with Crippen molar-refractivity contribution in [2.75, 3.05) is 6.54 Å². The molecule has 118 valence electrons. The lowest BCUT2D eigenvalue weighted by atomic mass is 10.2. The Morgan fingerprint density at radius 2 is 2.45 bits per heavy atom. The van der Waals surface area contributed by atoms with E-state index in [1.165, 1.54) is 0 Å². The van der Waals surface area contributed by atoms with E-state index in [0.29, 0.717) is 12.6 Å². The van der Waals surface area contributed by atoms with E-state index in [1.54, 1.807) is 12.5 Å². The van der Waals surface area contributed by atoms with Gasteiger partial charge in [-0.3, -0.25) is 14.4 Å². The zero-order chi connectivity index (χ0) is 15.4. The van der Waals surface area contributed by atoms with E-state index >= 15 is 0 Å². The highest BCUT2D eigenvalue weighted by molar-refractivity contribution is 5.81. The summed E-state index contributed by atoms with van der Waals surface area (Å²) in [7, 11) is 0. The average molecular weight is 302 g/mol. The van der Waals surface area contributed by atoms with Gasteiger partial charge >= 0.3 is 0 Å². The third kappa shape index (κ3) is 3.39. The third-order valence-electron chi connectivity index (χ3n) is 4.27. The van der Waals surface area contributed by atoms with E-state index in [9.17, 15) is 4.79 Å². The van der Waals surface area contributed by atoms with Crippen LogP contribution in [0.3, 0.4) is 0 Å². The van der Waals surface area contributed by atoms with Gasteiger partial charge in [0.2, 0.25) is 5.91 Å². The Hall–Kier alpha value is -2.08. The Balaban J connectivity index is 1.55. The zero-order valence-electron chi connectivity index (χ0n) is 12.8. The summed E-state index contributed by atoms with van der Waals surface area (Å²) in [6.07, 6.45) is 7.61. The Morgan fingerprint density at radius 3 is 3.18 bits per heavy atom. The van der Waals surface area contributed by atoms with Crippen molar-refractivity contribution < 1.29 is 9.21 Å². The van der Waals surface area contributed by atoms with Crippen LogP contribution in [-0.4, -0.2) is 39.2 Å². The second-order valence-electron chi connectivity index (χ2n) is 5.74. The van der Waals surface area contributed by atoms with Crippen LogP contribution in [-0.2, 0) is 17.9 Å². The van der Waals surface area contributed by atoms with Gasteiger partial charge in [0.25, 0.3) is 0 Å². The highest BCUT2D eigenvalue weighted by atomic mass is 16.3. The highest BCUT2D eigenvalue weighted by Gasteiger charge is 2.32. The fourth-order valence-electron chi connectivity index (χ4n) is 3.07. The minimum absolute atomic E-state index is 0.0452. The first-order valence-electron chi connectivity index (χ1n) is 7.77.